The second kappa shape index (κ2) is 6.90. The highest BCUT2D eigenvalue weighted by atomic mass is 16.6. The van der Waals surface area contributed by atoms with Gasteiger partial charge < -0.3 is 24.6 Å². The number of aromatic amines is 1. The zero-order valence-corrected chi connectivity index (χ0v) is 14.0. The van der Waals surface area contributed by atoms with Gasteiger partial charge in [0.05, 0.1) is 0 Å². The van der Waals surface area contributed by atoms with Gasteiger partial charge in [0.15, 0.2) is 11.5 Å². The Bertz CT molecular complexity index is 801. The minimum absolute atomic E-state index is 0.208. The van der Waals surface area contributed by atoms with Gasteiger partial charge in [-0.05, 0) is 12.1 Å². The van der Waals surface area contributed by atoms with Crippen molar-refractivity contribution in [3.8, 4) is 11.5 Å². The average molecular weight is 358 g/mol. The summed E-state index contributed by atoms with van der Waals surface area (Å²) in [6.45, 7) is 2.77. The van der Waals surface area contributed by atoms with E-state index in [4.69, 9.17) is 9.47 Å². The van der Waals surface area contributed by atoms with Gasteiger partial charge in [0.2, 0.25) is 5.82 Å². The van der Waals surface area contributed by atoms with Crippen LogP contribution in [-0.2, 0) is 0 Å². The molecule has 2 aliphatic heterocycles. The monoisotopic (exact) mass is 358 g/mol. The molecule has 136 valence electrons. The Kier molecular flexibility index (Phi) is 4.30. The molecule has 0 radical (unpaired) electrons. The van der Waals surface area contributed by atoms with Crippen molar-refractivity contribution in [2.45, 2.75) is 0 Å². The first kappa shape index (κ1) is 16.2. The molecular formula is C16H18N6O4. The third-order valence-electron chi connectivity index (χ3n) is 4.27. The van der Waals surface area contributed by atoms with E-state index in [0.717, 1.165) is 0 Å². The lowest BCUT2D eigenvalue weighted by atomic mass is 10.2. The lowest BCUT2D eigenvalue weighted by Crippen LogP contribution is -2.51. The minimum Gasteiger partial charge on any atom is -0.486 e. The highest BCUT2D eigenvalue weighted by Crippen LogP contribution is 2.32. The molecule has 10 nitrogen and oxygen atoms in total. The molecular weight excluding hydrogens is 340 g/mol. The maximum atomic E-state index is 12.5. The molecule has 0 aliphatic carbocycles. The van der Waals surface area contributed by atoms with Crippen LogP contribution in [0.2, 0.25) is 0 Å². The van der Waals surface area contributed by atoms with Crippen molar-refractivity contribution >= 4 is 17.6 Å². The van der Waals surface area contributed by atoms with Crippen LogP contribution in [0.15, 0.2) is 24.5 Å². The van der Waals surface area contributed by atoms with Crippen molar-refractivity contribution in [2.75, 3.05) is 44.7 Å². The van der Waals surface area contributed by atoms with E-state index in [9.17, 15) is 9.59 Å². The van der Waals surface area contributed by atoms with Gasteiger partial charge in [0.1, 0.15) is 19.5 Å². The molecule has 10 heteroatoms. The van der Waals surface area contributed by atoms with Crippen LogP contribution in [0.4, 0.5) is 10.5 Å². The number of urea groups is 1. The van der Waals surface area contributed by atoms with E-state index in [1.165, 1.54) is 6.33 Å². The van der Waals surface area contributed by atoms with Crippen molar-refractivity contribution in [1.82, 2.24) is 25.0 Å². The predicted octanol–water partition coefficient (Wildman–Crippen LogP) is 0.566. The molecule has 2 aromatic rings. The summed E-state index contributed by atoms with van der Waals surface area (Å²) in [5.41, 5.74) is 0.638. The van der Waals surface area contributed by atoms with Gasteiger partial charge in [0.25, 0.3) is 5.91 Å². The Morgan fingerprint density at radius 2 is 1.77 bits per heavy atom. The molecule has 0 spiro atoms. The number of carbonyl (C=O) groups excluding carboxylic acids is 2. The van der Waals surface area contributed by atoms with Gasteiger partial charge >= 0.3 is 6.03 Å². The number of hydrogen-bond acceptors (Lipinski definition) is 6. The van der Waals surface area contributed by atoms with Crippen LogP contribution < -0.4 is 14.8 Å². The molecule has 0 unspecified atom stereocenters. The van der Waals surface area contributed by atoms with Crippen LogP contribution in [0, 0.1) is 0 Å². The number of aromatic nitrogens is 3. The lowest BCUT2D eigenvalue weighted by Gasteiger charge is -2.34. The molecule has 3 amide bonds. The molecule has 0 bridgehead atoms. The van der Waals surface area contributed by atoms with Gasteiger partial charge in [-0.3, -0.25) is 9.89 Å². The first-order valence-corrected chi connectivity index (χ1v) is 8.31. The Balaban J connectivity index is 1.33. The van der Waals surface area contributed by atoms with Crippen molar-refractivity contribution in [3.63, 3.8) is 0 Å². The number of hydrogen-bond donors (Lipinski definition) is 2. The molecule has 0 saturated carbocycles. The first-order chi connectivity index (χ1) is 12.7. The number of nitrogens with one attached hydrogen (secondary N) is 2. The number of ether oxygens (including phenoxy) is 2. The molecule has 1 aromatic carbocycles. The number of piperazine rings is 1. The fourth-order valence-corrected chi connectivity index (χ4v) is 2.89. The van der Waals surface area contributed by atoms with E-state index in [-0.39, 0.29) is 17.8 Å². The number of H-pyrrole nitrogens is 1. The summed E-state index contributed by atoms with van der Waals surface area (Å²) in [7, 11) is 0. The SMILES string of the molecule is O=C(Nc1ccc2c(c1)OCCO2)N1CCN(C(=O)c2ncn[nH]2)CC1. The fraction of sp³-hybridized carbons (Fsp3) is 0.375. The molecule has 1 saturated heterocycles. The molecule has 2 N–H and O–H groups in total. The van der Waals surface area contributed by atoms with Crippen molar-refractivity contribution < 1.29 is 19.1 Å². The molecule has 0 atom stereocenters. The quantitative estimate of drug-likeness (QED) is 0.811. The third-order valence-corrected chi connectivity index (χ3v) is 4.27. The van der Waals surface area contributed by atoms with Crippen LogP contribution in [0.5, 0.6) is 11.5 Å². The summed E-state index contributed by atoms with van der Waals surface area (Å²) >= 11 is 0. The zero-order chi connectivity index (χ0) is 17.9. The average Bonchev–Trinajstić information content (AvgIpc) is 3.22. The lowest BCUT2D eigenvalue weighted by molar-refractivity contribution is 0.0660. The molecule has 3 heterocycles. The maximum absolute atomic E-state index is 12.5. The van der Waals surface area contributed by atoms with Gasteiger partial charge in [-0.15, -0.1) is 0 Å². The Hall–Kier alpha value is -3.30. The van der Waals surface area contributed by atoms with E-state index in [1.807, 2.05) is 0 Å². The smallest absolute Gasteiger partial charge is 0.321 e. The van der Waals surface area contributed by atoms with Gasteiger partial charge in [0, 0.05) is 37.9 Å². The Labute approximate surface area is 149 Å². The number of benzene rings is 1. The number of nitrogens with zero attached hydrogens (tertiary/aromatic N) is 4. The van der Waals surface area contributed by atoms with E-state index in [1.54, 1.807) is 28.0 Å². The standard InChI is InChI=1S/C16H18N6O4/c23-15(14-17-10-18-20-14)21-3-5-22(6-4-21)16(24)19-11-1-2-12-13(9-11)26-8-7-25-12/h1-2,9-10H,3-8H2,(H,19,24)(H,17,18,20). The van der Waals surface area contributed by atoms with Crippen LogP contribution in [-0.4, -0.2) is 76.3 Å². The van der Waals surface area contributed by atoms with Crippen molar-refractivity contribution in [3.05, 3.63) is 30.4 Å². The predicted molar refractivity (Wildman–Crippen MR) is 90.3 cm³/mol. The van der Waals surface area contributed by atoms with Crippen LogP contribution in [0.25, 0.3) is 0 Å². The molecule has 2 aliphatic rings. The normalized spacial score (nSPS) is 16.3. The number of amides is 3. The summed E-state index contributed by atoms with van der Waals surface area (Å²) < 4.78 is 11.0. The highest BCUT2D eigenvalue weighted by molar-refractivity contribution is 5.91. The van der Waals surface area contributed by atoms with Crippen molar-refractivity contribution in [1.29, 1.82) is 0 Å². The first-order valence-electron chi connectivity index (χ1n) is 8.31. The number of anilines is 1. The van der Waals surface area contributed by atoms with Crippen LogP contribution >= 0.6 is 0 Å². The Morgan fingerprint density at radius 3 is 2.50 bits per heavy atom. The summed E-state index contributed by atoms with van der Waals surface area (Å²) in [6.07, 6.45) is 1.30. The number of rotatable bonds is 2. The second-order valence-corrected chi connectivity index (χ2v) is 5.90. The summed E-state index contributed by atoms with van der Waals surface area (Å²) in [4.78, 5) is 31.8. The Morgan fingerprint density at radius 1 is 1.04 bits per heavy atom. The maximum Gasteiger partial charge on any atom is 0.321 e. The number of fused-ring (bicyclic) bond motifs is 1. The zero-order valence-electron chi connectivity index (χ0n) is 14.0. The van der Waals surface area contributed by atoms with E-state index < -0.39 is 0 Å². The van der Waals surface area contributed by atoms with Crippen LogP contribution in [0.3, 0.4) is 0 Å². The van der Waals surface area contributed by atoms with E-state index >= 15 is 0 Å². The van der Waals surface area contributed by atoms with Crippen LogP contribution in [0.1, 0.15) is 10.6 Å². The minimum atomic E-state index is -0.214. The summed E-state index contributed by atoms with van der Waals surface area (Å²) in [6, 6.07) is 5.08. The summed E-state index contributed by atoms with van der Waals surface area (Å²) in [5, 5.41) is 9.09. The fourth-order valence-electron chi connectivity index (χ4n) is 2.89. The van der Waals surface area contributed by atoms with Gasteiger partial charge in [-0.2, -0.15) is 5.10 Å². The van der Waals surface area contributed by atoms with E-state index in [2.05, 4.69) is 20.5 Å². The molecule has 1 fully saturated rings. The second-order valence-electron chi connectivity index (χ2n) is 5.90. The van der Waals surface area contributed by atoms with Crippen molar-refractivity contribution in [2.24, 2.45) is 0 Å². The van der Waals surface area contributed by atoms with Gasteiger partial charge in [-0.25, -0.2) is 9.78 Å². The molecule has 26 heavy (non-hydrogen) atoms. The molecule has 1 aromatic heterocycles. The van der Waals surface area contributed by atoms with Gasteiger partial charge in [-0.1, -0.05) is 0 Å². The summed E-state index contributed by atoms with van der Waals surface area (Å²) in [5.74, 6) is 1.29. The topological polar surface area (TPSA) is 113 Å². The number of carbonyl (C=O) groups is 2. The highest BCUT2D eigenvalue weighted by Gasteiger charge is 2.26. The molecule has 4 rings (SSSR count). The largest absolute Gasteiger partial charge is 0.486 e. The van der Waals surface area contributed by atoms with E-state index in [0.29, 0.717) is 56.6 Å². The third kappa shape index (κ3) is 3.25.